The van der Waals surface area contributed by atoms with E-state index in [1.165, 1.54) is 38.9 Å². The lowest BCUT2D eigenvalue weighted by Gasteiger charge is -2.22. The molecule has 0 bridgehead atoms. The van der Waals surface area contributed by atoms with Gasteiger partial charge in [-0.3, -0.25) is 4.79 Å². The minimum atomic E-state index is 0.0324. The van der Waals surface area contributed by atoms with Crippen LogP contribution in [0, 0.1) is 13.8 Å². The van der Waals surface area contributed by atoms with Crippen molar-refractivity contribution in [1.29, 1.82) is 0 Å². The van der Waals surface area contributed by atoms with Crippen molar-refractivity contribution >= 4 is 5.78 Å². The molecule has 0 spiro atoms. The molecule has 0 heterocycles. The molecule has 0 aliphatic heterocycles. The second-order valence-corrected chi connectivity index (χ2v) is 9.95. The molecule has 4 aromatic carbocycles. The molecular weight excluding hydrogens is 400 g/mol. The van der Waals surface area contributed by atoms with E-state index in [0.717, 1.165) is 29.5 Å². The second kappa shape index (κ2) is 8.15. The molecular formula is C32H30O. The van der Waals surface area contributed by atoms with Gasteiger partial charge in [0.15, 0.2) is 5.78 Å². The molecule has 0 atom stereocenters. The van der Waals surface area contributed by atoms with Crippen molar-refractivity contribution in [2.75, 3.05) is 0 Å². The Bertz CT molecular complexity index is 1340. The summed E-state index contributed by atoms with van der Waals surface area (Å²) in [6.07, 6.45) is 1.95. The molecule has 0 amide bonds. The van der Waals surface area contributed by atoms with Gasteiger partial charge in [-0.25, -0.2) is 0 Å². The van der Waals surface area contributed by atoms with Gasteiger partial charge in [0, 0.05) is 16.5 Å². The molecule has 1 heteroatoms. The highest BCUT2D eigenvalue weighted by Gasteiger charge is 2.35. The fourth-order valence-electron chi connectivity index (χ4n) is 5.04. The molecule has 4 aromatic rings. The van der Waals surface area contributed by atoms with Crippen LogP contribution in [0.1, 0.15) is 63.1 Å². The van der Waals surface area contributed by atoms with Crippen LogP contribution in [0.3, 0.4) is 0 Å². The maximum atomic E-state index is 12.7. The summed E-state index contributed by atoms with van der Waals surface area (Å²) in [6, 6.07) is 29.7. The molecule has 0 saturated heterocycles. The Kier molecular flexibility index (Phi) is 5.29. The van der Waals surface area contributed by atoms with Gasteiger partial charge in [0.2, 0.25) is 0 Å². The average molecular weight is 431 g/mol. The molecule has 0 N–H and O–H groups in total. The van der Waals surface area contributed by atoms with Crippen LogP contribution in [-0.4, -0.2) is 5.78 Å². The van der Waals surface area contributed by atoms with Crippen molar-refractivity contribution in [1.82, 2.24) is 0 Å². The molecule has 0 fully saturated rings. The standard InChI is InChI=1S/C32H30O/c1-21-5-13-25(14-6-21)31(33)26-15-10-23(11-16-26)8-9-24-12-18-28-27-17-7-22(2)19-29(27)32(3,4)30(28)20-24/h5-7,10-20H,8-9H2,1-4H3. The Morgan fingerprint density at radius 3 is 1.76 bits per heavy atom. The largest absolute Gasteiger partial charge is 0.289 e. The number of ketones is 1. The molecule has 1 nitrogen and oxygen atoms in total. The van der Waals surface area contributed by atoms with Gasteiger partial charge in [0.25, 0.3) is 0 Å². The van der Waals surface area contributed by atoms with Crippen LogP contribution in [0.5, 0.6) is 0 Å². The molecule has 33 heavy (non-hydrogen) atoms. The highest BCUT2D eigenvalue weighted by atomic mass is 16.1. The van der Waals surface area contributed by atoms with E-state index in [-0.39, 0.29) is 11.2 Å². The highest BCUT2D eigenvalue weighted by molar-refractivity contribution is 6.09. The van der Waals surface area contributed by atoms with Crippen LogP contribution in [-0.2, 0) is 18.3 Å². The molecule has 0 unspecified atom stereocenters. The zero-order chi connectivity index (χ0) is 23.2. The summed E-state index contributed by atoms with van der Waals surface area (Å²) in [7, 11) is 0. The van der Waals surface area contributed by atoms with Crippen LogP contribution < -0.4 is 0 Å². The lowest BCUT2D eigenvalue weighted by atomic mass is 9.81. The van der Waals surface area contributed by atoms with E-state index in [4.69, 9.17) is 0 Å². The lowest BCUT2D eigenvalue weighted by molar-refractivity contribution is 0.103. The fourth-order valence-corrected chi connectivity index (χ4v) is 5.04. The molecule has 1 aliphatic rings. The van der Waals surface area contributed by atoms with E-state index in [0.29, 0.717) is 0 Å². The number of fused-ring (bicyclic) bond motifs is 3. The lowest BCUT2D eigenvalue weighted by Crippen LogP contribution is -2.15. The highest BCUT2D eigenvalue weighted by Crippen LogP contribution is 2.49. The van der Waals surface area contributed by atoms with E-state index in [1.807, 2.05) is 43.3 Å². The number of hydrogen-bond donors (Lipinski definition) is 0. The van der Waals surface area contributed by atoms with E-state index in [9.17, 15) is 4.79 Å². The van der Waals surface area contributed by atoms with Gasteiger partial charge in [-0.2, -0.15) is 0 Å². The van der Waals surface area contributed by atoms with Crippen molar-refractivity contribution in [3.05, 3.63) is 129 Å². The summed E-state index contributed by atoms with van der Waals surface area (Å²) >= 11 is 0. The first-order valence-corrected chi connectivity index (χ1v) is 11.8. The number of carbonyl (C=O) groups excluding carboxylic acids is 1. The molecule has 0 radical (unpaired) electrons. The van der Waals surface area contributed by atoms with E-state index in [2.05, 4.69) is 69.3 Å². The van der Waals surface area contributed by atoms with Crippen LogP contribution in [0.4, 0.5) is 0 Å². The summed E-state index contributed by atoms with van der Waals surface area (Å²) in [6.45, 7) is 8.88. The number of benzene rings is 4. The summed E-state index contributed by atoms with van der Waals surface area (Å²) in [4.78, 5) is 12.7. The third kappa shape index (κ3) is 3.93. The number of hydrogen-bond acceptors (Lipinski definition) is 1. The Balaban J connectivity index is 1.31. The van der Waals surface area contributed by atoms with E-state index in [1.54, 1.807) is 0 Å². The van der Waals surface area contributed by atoms with Gasteiger partial charge in [-0.15, -0.1) is 0 Å². The Labute approximate surface area is 197 Å². The van der Waals surface area contributed by atoms with Gasteiger partial charge >= 0.3 is 0 Å². The summed E-state index contributed by atoms with van der Waals surface area (Å²) in [5.74, 6) is 0.0807. The molecule has 1 aliphatic carbocycles. The van der Waals surface area contributed by atoms with Crippen LogP contribution in [0.2, 0.25) is 0 Å². The van der Waals surface area contributed by atoms with Gasteiger partial charge in [-0.1, -0.05) is 110 Å². The number of aryl methyl sites for hydroxylation is 4. The Morgan fingerprint density at radius 2 is 1.09 bits per heavy atom. The summed E-state index contributed by atoms with van der Waals surface area (Å²) in [5.41, 5.74) is 12.2. The Hall–Kier alpha value is -3.45. The quantitative estimate of drug-likeness (QED) is 0.298. The first-order valence-electron chi connectivity index (χ1n) is 11.8. The van der Waals surface area contributed by atoms with Crippen molar-refractivity contribution in [3.63, 3.8) is 0 Å². The van der Waals surface area contributed by atoms with E-state index < -0.39 is 0 Å². The van der Waals surface area contributed by atoms with Crippen molar-refractivity contribution < 1.29 is 4.79 Å². The third-order valence-corrected chi connectivity index (χ3v) is 7.13. The Morgan fingerprint density at radius 1 is 0.606 bits per heavy atom. The van der Waals surface area contributed by atoms with Crippen molar-refractivity contribution in [2.45, 2.75) is 46.0 Å². The molecule has 0 aromatic heterocycles. The normalized spacial score (nSPS) is 13.5. The maximum Gasteiger partial charge on any atom is 0.193 e. The SMILES string of the molecule is Cc1ccc(C(=O)c2ccc(CCc3ccc4c(c3)C(C)(C)c3cc(C)ccc3-4)cc2)cc1. The summed E-state index contributed by atoms with van der Waals surface area (Å²) in [5, 5.41) is 0. The van der Waals surface area contributed by atoms with Gasteiger partial charge in [0.1, 0.15) is 0 Å². The molecule has 5 rings (SSSR count). The minimum absolute atomic E-state index is 0.0324. The first-order chi connectivity index (χ1) is 15.8. The zero-order valence-electron chi connectivity index (χ0n) is 19.9. The van der Waals surface area contributed by atoms with Crippen molar-refractivity contribution in [2.24, 2.45) is 0 Å². The fraction of sp³-hybridized carbons (Fsp3) is 0.219. The number of carbonyl (C=O) groups is 1. The third-order valence-electron chi connectivity index (χ3n) is 7.13. The maximum absolute atomic E-state index is 12.7. The monoisotopic (exact) mass is 430 g/mol. The number of rotatable bonds is 5. The van der Waals surface area contributed by atoms with Crippen LogP contribution in [0.15, 0.2) is 84.9 Å². The summed E-state index contributed by atoms with van der Waals surface area (Å²) < 4.78 is 0. The van der Waals surface area contributed by atoms with Gasteiger partial charge in [0.05, 0.1) is 0 Å². The first kappa shape index (κ1) is 21.4. The predicted octanol–water partition coefficient (Wildman–Crippen LogP) is 7.63. The smallest absolute Gasteiger partial charge is 0.193 e. The molecule has 0 saturated carbocycles. The van der Waals surface area contributed by atoms with Crippen molar-refractivity contribution in [3.8, 4) is 11.1 Å². The minimum Gasteiger partial charge on any atom is -0.289 e. The molecule has 164 valence electrons. The van der Waals surface area contributed by atoms with Crippen LogP contribution in [0.25, 0.3) is 11.1 Å². The zero-order valence-corrected chi connectivity index (χ0v) is 19.9. The topological polar surface area (TPSA) is 17.1 Å². The van der Waals surface area contributed by atoms with Gasteiger partial charge < -0.3 is 0 Å². The van der Waals surface area contributed by atoms with Gasteiger partial charge in [-0.05, 0) is 60.1 Å². The second-order valence-electron chi connectivity index (χ2n) is 9.95. The van der Waals surface area contributed by atoms with E-state index >= 15 is 0 Å². The average Bonchev–Trinajstić information content (AvgIpc) is 3.04. The van der Waals surface area contributed by atoms with Crippen LogP contribution >= 0.6 is 0 Å². The predicted molar refractivity (Wildman–Crippen MR) is 137 cm³/mol.